The Balaban J connectivity index is 1.13. The highest BCUT2D eigenvalue weighted by atomic mass is 19.1. The quantitative estimate of drug-likeness (QED) is 0.129. The molecule has 2 atom stereocenters. The van der Waals surface area contributed by atoms with Gasteiger partial charge in [0.2, 0.25) is 0 Å². The van der Waals surface area contributed by atoms with Crippen LogP contribution in [0, 0.1) is 29.2 Å². The molecule has 1 aromatic heterocycles. The van der Waals surface area contributed by atoms with Crippen LogP contribution in [0.3, 0.4) is 0 Å². The molecule has 1 nitrogen and oxygen atoms in total. The van der Waals surface area contributed by atoms with Crippen LogP contribution in [0.25, 0.3) is 71.3 Å². The summed E-state index contributed by atoms with van der Waals surface area (Å²) in [7, 11) is 0. The third-order valence-corrected chi connectivity index (χ3v) is 11.8. The maximum absolute atomic E-state index is 15.5. The second-order valence-electron chi connectivity index (χ2n) is 14.7. The van der Waals surface area contributed by atoms with E-state index in [-0.39, 0.29) is 23.0 Å². The van der Waals surface area contributed by atoms with Crippen LogP contribution in [0.4, 0.5) is 17.6 Å². The highest BCUT2D eigenvalue weighted by molar-refractivity contribution is 6.25. The Kier molecular flexibility index (Phi) is 7.49. The number of hydrogen-bond donors (Lipinski definition) is 0. The fraction of sp³-hybridized carbons (Fsp3) is 0.0385. The topological polar surface area (TPSA) is 13.1 Å². The van der Waals surface area contributed by atoms with Gasteiger partial charge in [0.1, 0.15) is 34.4 Å². The maximum atomic E-state index is 15.5. The molecule has 0 aliphatic heterocycles. The molecular formula is C52H30F4O. The number of furan rings is 1. The van der Waals surface area contributed by atoms with Gasteiger partial charge in [-0.15, -0.1) is 0 Å². The van der Waals surface area contributed by atoms with Gasteiger partial charge in [0.25, 0.3) is 0 Å². The second kappa shape index (κ2) is 12.8. The third kappa shape index (κ3) is 4.95. The summed E-state index contributed by atoms with van der Waals surface area (Å²) < 4.78 is 68.7. The van der Waals surface area contributed by atoms with Crippen molar-refractivity contribution in [2.75, 3.05) is 0 Å². The van der Waals surface area contributed by atoms with Crippen LogP contribution < -0.4 is 0 Å². The van der Waals surface area contributed by atoms with Crippen LogP contribution in [-0.4, -0.2) is 0 Å². The second-order valence-corrected chi connectivity index (χ2v) is 14.7. The van der Waals surface area contributed by atoms with Gasteiger partial charge in [-0.05, 0) is 96.9 Å². The van der Waals surface area contributed by atoms with Crippen LogP contribution >= 0.6 is 0 Å². The molecule has 0 radical (unpaired) electrons. The molecule has 8 aromatic carbocycles. The fourth-order valence-corrected chi connectivity index (χ4v) is 9.51. The molecule has 0 spiro atoms. The molecular weight excluding hydrogens is 717 g/mol. The van der Waals surface area contributed by atoms with Crippen molar-refractivity contribution in [3.05, 3.63) is 221 Å². The molecule has 2 unspecified atom stereocenters. The molecule has 0 N–H and O–H groups in total. The van der Waals surface area contributed by atoms with E-state index in [0.717, 1.165) is 65.7 Å². The van der Waals surface area contributed by atoms with E-state index < -0.39 is 23.3 Å². The lowest BCUT2D eigenvalue weighted by atomic mass is 9.66. The Labute approximate surface area is 325 Å². The zero-order valence-electron chi connectivity index (χ0n) is 30.2. The average molecular weight is 747 g/mol. The monoisotopic (exact) mass is 746 g/mol. The first kappa shape index (κ1) is 33.4. The van der Waals surface area contributed by atoms with Gasteiger partial charge in [0.05, 0.1) is 11.1 Å². The molecule has 1 heterocycles. The summed E-state index contributed by atoms with van der Waals surface area (Å²) in [5.74, 6) is -2.77. The molecule has 0 saturated heterocycles. The number of benzene rings is 8. The van der Waals surface area contributed by atoms with Crippen LogP contribution in [-0.2, 0) is 0 Å². The first-order valence-electron chi connectivity index (χ1n) is 18.9. The van der Waals surface area contributed by atoms with Crippen molar-refractivity contribution < 1.29 is 22.0 Å². The molecule has 11 rings (SSSR count). The predicted octanol–water partition coefficient (Wildman–Crippen LogP) is 14.5. The molecule has 57 heavy (non-hydrogen) atoms. The zero-order chi connectivity index (χ0) is 38.4. The lowest BCUT2D eigenvalue weighted by Crippen LogP contribution is -2.23. The van der Waals surface area contributed by atoms with Crippen molar-refractivity contribution in [1.29, 1.82) is 0 Å². The minimum Gasteiger partial charge on any atom is -0.456 e. The van der Waals surface area contributed by atoms with Crippen LogP contribution in [0.2, 0.25) is 0 Å². The Hall–Kier alpha value is -6.98. The van der Waals surface area contributed by atoms with Gasteiger partial charge >= 0.3 is 0 Å². The number of hydrogen-bond acceptors (Lipinski definition) is 1. The van der Waals surface area contributed by atoms with Crippen molar-refractivity contribution in [3.8, 4) is 22.3 Å². The van der Waals surface area contributed by atoms with Crippen molar-refractivity contribution in [2.24, 2.45) is 5.92 Å². The summed E-state index contributed by atoms with van der Waals surface area (Å²) in [5, 5.41) is 5.07. The fourth-order valence-electron chi connectivity index (χ4n) is 9.51. The molecule has 9 aromatic rings. The van der Waals surface area contributed by atoms with E-state index in [1.54, 1.807) is 0 Å². The minimum atomic E-state index is -0.615. The van der Waals surface area contributed by atoms with Crippen LogP contribution in [0.5, 0.6) is 0 Å². The summed E-state index contributed by atoms with van der Waals surface area (Å²) >= 11 is 0. The Morgan fingerprint density at radius 2 is 1.02 bits per heavy atom. The molecule has 0 saturated carbocycles. The molecule has 0 fully saturated rings. The summed E-state index contributed by atoms with van der Waals surface area (Å²) in [6, 6.07) is 43.8. The van der Waals surface area contributed by atoms with E-state index >= 15 is 17.6 Å². The van der Waals surface area contributed by atoms with E-state index in [2.05, 4.69) is 36.4 Å². The molecule has 0 bridgehead atoms. The summed E-state index contributed by atoms with van der Waals surface area (Å²) in [6.45, 7) is 0. The van der Waals surface area contributed by atoms with E-state index in [4.69, 9.17) is 4.42 Å². The van der Waals surface area contributed by atoms with Crippen LogP contribution in [0.1, 0.15) is 28.2 Å². The van der Waals surface area contributed by atoms with E-state index in [0.29, 0.717) is 22.3 Å². The number of rotatable bonds is 4. The molecule has 2 aliphatic carbocycles. The number of halogens is 4. The van der Waals surface area contributed by atoms with Gasteiger partial charge in [-0.2, -0.15) is 0 Å². The summed E-state index contributed by atoms with van der Waals surface area (Å²) in [6.07, 6.45) is 8.01. The highest BCUT2D eigenvalue weighted by Gasteiger charge is 2.37. The normalized spacial score (nSPS) is 16.2. The third-order valence-electron chi connectivity index (χ3n) is 11.8. The van der Waals surface area contributed by atoms with Crippen molar-refractivity contribution >= 4 is 49.1 Å². The lowest BCUT2D eigenvalue weighted by Gasteiger charge is -2.36. The van der Waals surface area contributed by atoms with E-state index in [1.807, 2.05) is 97.1 Å². The molecule has 0 amide bonds. The lowest BCUT2D eigenvalue weighted by molar-refractivity contribution is 0.574. The SMILES string of the molecule is Fc1cccc(F)c1C1=C2C=CC=CC2C(c2ccc3c(c2)oc2cccc(-c4c5ccccc5c(-c5c(F)cccc5F)c5ccccc45)c23)c2ccccc21. The van der Waals surface area contributed by atoms with Gasteiger partial charge in [0, 0.05) is 28.2 Å². The van der Waals surface area contributed by atoms with E-state index in [9.17, 15) is 0 Å². The molecule has 272 valence electrons. The van der Waals surface area contributed by atoms with Crippen molar-refractivity contribution in [2.45, 2.75) is 5.92 Å². The van der Waals surface area contributed by atoms with Crippen molar-refractivity contribution in [1.82, 2.24) is 0 Å². The summed E-state index contributed by atoms with van der Waals surface area (Å²) in [5.41, 5.74) is 7.96. The van der Waals surface area contributed by atoms with Gasteiger partial charge in [-0.3, -0.25) is 0 Å². The largest absolute Gasteiger partial charge is 0.456 e. The first-order chi connectivity index (χ1) is 28.0. The smallest absolute Gasteiger partial charge is 0.136 e. The van der Waals surface area contributed by atoms with Gasteiger partial charge in [0.15, 0.2) is 0 Å². The van der Waals surface area contributed by atoms with Crippen LogP contribution in [0.15, 0.2) is 180 Å². The zero-order valence-corrected chi connectivity index (χ0v) is 30.2. The molecule has 5 heteroatoms. The Morgan fingerprint density at radius 3 is 1.70 bits per heavy atom. The summed E-state index contributed by atoms with van der Waals surface area (Å²) in [4.78, 5) is 0. The highest BCUT2D eigenvalue weighted by Crippen LogP contribution is 2.52. The Bertz CT molecular complexity index is 3160. The minimum absolute atomic E-state index is 0.0178. The average Bonchev–Trinajstić information content (AvgIpc) is 3.61. The van der Waals surface area contributed by atoms with Gasteiger partial charge in [-0.1, -0.05) is 133 Å². The maximum Gasteiger partial charge on any atom is 0.136 e. The van der Waals surface area contributed by atoms with Gasteiger partial charge in [-0.25, -0.2) is 17.6 Å². The molecule has 2 aliphatic rings. The Morgan fingerprint density at radius 1 is 0.439 bits per heavy atom. The van der Waals surface area contributed by atoms with Crippen molar-refractivity contribution in [3.63, 3.8) is 0 Å². The number of fused-ring (bicyclic) bond motifs is 7. The predicted molar refractivity (Wildman–Crippen MR) is 222 cm³/mol. The first-order valence-corrected chi connectivity index (χ1v) is 18.9. The van der Waals surface area contributed by atoms with E-state index in [1.165, 1.54) is 36.4 Å². The standard InChI is InChI=1S/C52H30F4O/c53-40-21-10-22-41(54)51(40)49-34-16-5-1-12-30(34)46(31-13-2-6-17-35(31)49)29-26-27-38-45(28-29)57-44-25-9-20-39(48(38)44)47-32-14-3-7-18-36(32)50(37-19-8-4-15-33(37)47)52-42(55)23-11-24-43(52)56/h1-28,30,46H. The number of allylic oxidation sites excluding steroid dienone is 5. The van der Waals surface area contributed by atoms with Gasteiger partial charge < -0.3 is 4.42 Å².